The second-order valence-corrected chi connectivity index (χ2v) is 6.37. The predicted molar refractivity (Wildman–Crippen MR) is 68.2 cm³/mol. The molecule has 1 aromatic rings. The number of piperidine rings is 1. The van der Waals surface area contributed by atoms with Crippen molar-refractivity contribution < 1.29 is 27.3 Å². The molecular formula is C13H18LiNO2S. The smallest absolute Gasteiger partial charge is 0.332 e. The maximum Gasteiger partial charge on any atom is 1.00 e. The number of rotatable bonds is 3. The molecular weight excluding hydrogens is 241 g/mol. The third kappa shape index (κ3) is 3.86. The third-order valence-corrected chi connectivity index (χ3v) is 4.84. The Bertz CT molecular complexity index is 461. The quantitative estimate of drug-likeness (QED) is 0.522. The van der Waals surface area contributed by atoms with E-state index in [0.29, 0.717) is 4.90 Å². The summed E-state index contributed by atoms with van der Waals surface area (Å²) in [5.41, 5.74) is 0. The summed E-state index contributed by atoms with van der Waals surface area (Å²) in [6, 6.07) is 8.68. The van der Waals surface area contributed by atoms with E-state index >= 15 is 0 Å². The second kappa shape index (κ2) is 6.77. The fraction of sp³-hybridized carbons (Fsp3) is 0.462. The van der Waals surface area contributed by atoms with Crippen LogP contribution in [0.2, 0.25) is 0 Å². The number of hydrogen-bond donors (Lipinski definition) is 0. The molecule has 0 amide bonds. The van der Waals surface area contributed by atoms with E-state index in [9.17, 15) is 8.42 Å². The minimum atomic E-state index is -3.26. The first-order valence-corrected chi connectivity index (χ1v) is 7.49. The number of benzene rings is 1. The average molecular weight is 259 g/mol. The van der Waals surface area contributed by atoms with Crippen LogP contribution in [0.3, 0.4) is 0 Å². The van der Waals surface area contributed by atoms with Crippen LogP contribution in [0.4, 0.5) is 0 Å². The second-order valence-electron chi connectivity index (χ2n) is 4.54. The predicted octanol–water partition coefficient (Wildman–Crippen LogP) is -0.890. The Morgan fingerprint density at radius 2 is 1.89 bits per heavy atom. The molecule has 1 aliphatic heterocycles. The topological polar surface area (TPSA) is 37.4 Å². The molecule has 1 heterocycles. The zero-order valence-corrected chi connectivity index (χ0v) is 11.9. The van der Waals surface area contributed by atoms with E-state index in [0.717, 1.165) is 25.8 Å². The van der Waals surface area contributed by atoms with Gasteiger partial charge < -0.3 is 4.90 Å². The standard InChI is InChI=1S/C13H18NO2S.Li/c1-14-10-6-5-7-12(14)11-17(15,16)13-8-3-2-4-9-13;/h2-4,8-9,11-12H,5-7,10H2,1H3;/q-1;+1/t12-;/m1./s1. The number of likely N-dealkylation sites (tertiary alicyclic amines) is 1. The van der Waals surface area contributed by atoms with Gasteiger partial charge in [0.1, 0.15) is 0 Å². The summed E-state index contributed by atoms with van der Waals surface area (Å²) in [6.07, 6.45) is 3.20. The molecule has 0 unspecified atom stereocenters. The van der Waals surface area contributed by atoms with Crippen LogP contribution < -0.4 is 18.9 Å². The van der Waals surface area contributed by atoms with Crippen LogP contribution in [0.15, 0.2) is 35.2 Å². The van der Waals surface area contributed by atoms with Crippen LogP contribution in [-0.2, 0) is 9.84 Å². The zero-order valence-electron chi connectivity index (χ0n) is 11.0. The van der Waals surface area contributed by atoms with E-state index < -0.39 is 9.84 Å². The molecule has 1 fully saturated rings. The van der Waals surface area contributed by atoms with Gasteiger partial charge in [0.15, 0.2) is 0 Å². The van der Waals surface area contributed by atoms with E-state index in [1.165, 1.54) is 5.75 Å². The third-order valence-electron chi connectivity index (χ3n) is 3.23. The van der Waals surface area contributed by atoms with Crippen molar-refractivity contribution in [3.05, 3.63) is 36.1 Å². The van der Waals surface area contributed by atoms with Crippen LogP contribution in [0.1, 0.15) is 19.3 Å². The molecule has 1 saturated heterocycles. The fourth-order valence-corrected chi connectivity index (χ4v) is 3.62. The van der Waals surface area contributed by atoms with Crippen molar-refractivity contribution in [1.82, 2.24) is 4.90 Å². The molecule has 0 bridgehead atoms. The van der Waals surface area contributed by atoms with E-state index in [2.05, 4.69) is 4.90 Å². The van der Waals surface area contributed by atoms with Crippen molar-refractivity contribution in [3.63, 3.8) is 0 Å². The molecule has 0 saturated carbocycles. The van der Waals surface area contributed by atoms with Gasteiger partial charge >= 0.3 is 18.9 Å². The van der Waals surface area contributed by atoms with E-state index in [1.807, 2.05) is 13.1 Å². The molecule has 1 atom stereocenters. The number of hydrogen-bond acceptors (Lipinski definition) is 3. The van der Waals surface area contributed by atoms with E-state index in [-0.39, 0.29) is 24.9 Å². The van der Waals surface area contributed by atoms with Gasteiger partial charge in [-0.3, -0.25) is 8.42 Å². The van der Waals surface area contributed by atoms with Gasteiger partial charge in [0.25, 0.3) is 0 Å². The minimum absolute atomic E-state index is 0. The maximum atomic E-state index is 12.2. The molecule has 0 radical (unpaired) electrons. The SMILES string of the molecule is CN1CCCC[C@@H]1[CH-]S(=O)(=O)c1ccccc1.[Li+]. The van der Waals surface area contributed by atoms with Crippen LogP contribution in [0.25, 0.3) is 0 Å². The molecule has 18 heavy (non-hydrogen) atoms. The van der Waals surface area contributed by atoms with E-state index in [4.69, 9.17) is 0 Å². The Hall–Kier alpha value is -0.273. The van der Waals surface area contributed by atoms with Crippen molar-refractivity contribution >= 4 is 9.84 Å². The van der Waals surface area contributed by atoms with Gasteiger partial charge in [0.2, 0.25) is 0 Å². The van der Waals surface area contributed by atoms with Gasteiger partial charge in [-0.2, -0.15) is 5.75 Å². The van der Waals surface area contributed by atoms with Crippen molar-refractivity contribution in [2.45, 2.75) is 30.2 Å². The molecule has 2 rings (SSSR count). The van der Waals surface area contributed by atoms with Crippen LogP contribution in [0, 0.1) is 5.75 Å². The van der Waals surface area contributed by atoms with Crippen molar-refractivity contribution in [1.29, 1.82) is 0 Å². The van der Waals surface area contributed by atoms with Crippen LogP contribution in [-0.4, -0.2) is 33.0 Å². The van der Waals surface area contributed by atoms with Crippen LogP contribution in [0.5, 0.6) is 0 Å². The first kappa shape index (κ1) is 15.8. The van der Waals surface area contributed by atoms with Gasteiger partial charge in [0.05, 0.1) is 9.84 Å². The van der Waals surface area contributed by atoms with Gasteiger partial charge in [-0.25, -0.2) is 0 Å². The molecule has 1 aromatic carbocycles. The maximum absolute atomic E-state index is 12.2. The van der Waals surface area contributed by atoms with Crippen molar-refractivity contribution in [2.75, 3.05) is 13.6 Å². The molecule has 3 nitrogen and oxygen atoms in total. The summed E-state index contributed by atoms with van der Waals surface area (Å²) in [4.78, 5) is 2.50. The largest absolute Gasteiger partial charge is 1.00 e. The summed E-state index contributed by atoms with van der Waals surface area (Å²) in [7, 11) is -1.27. The Morgan fingerprint density at radius 1 is 1.22 bits per heavy atom. The normalized spacial score (nSPS) is 21.3. The minimum Gasteiger partial charge on any atom is -0.332 e. The summed E-state index contributed by atoms with van der Waals surface area (Å²) < 4.78 is 24.3. The Kier molecular flexibility index (Phi) is 5.93. The first-order valence-electron chi connectivity index (χ1n) is 5.95. The Balaban J connectivity index is 0.00000162. The van der Waals surface area contributed by atoms with Gasteiger partial charge in [0, 0.05) is 4.90 Å². The summed E-state index contributed by atoms with van der Waals surface area (Å²) in [5, 5.41) is 0. The molecule has 0 spiro atoms. The molecule has 0 aliphatic carbocycles. The summed E-state index contributed by atoms with van der Waals surface area (Å²) in [5.74, 6) is 1.50. The molecule has 0 aromatic heterocycles. The van der Waals surface area contributed by atoms with Gasteiger partial charge in [-0.05, 0) is 32.1 Å². The van der Waals surface area contributed by atoms with Crippen molar-refractivity contribution in [2.24, 2.45) is 0 Å². The molecule has 1 aliphatic rings. The molecule has 0 N–H and O–H groups in total. The molecule has 94 valence electrons. The van der Waals surface area contributed by atoms with E-state index in [1.54, 1.807) is 24.3 Å². The van der Waals surface area contributed by atoms with Crippen LogP contribution >= 0.6 is 0 Å². The Morgan fingerprint density at radius 3 is 2.50 bits per heavy atom. The summed E-state index contributed by atoms with van der Waals surface area (Å²) >= 11 is 0. The fourth-order valence-electron chi connectivity index (χ4n) is 2.17. The number of sulfone groups is 1. The summed E-state index contributed by atoms with van der Waals surface area (Å²) in [6.45, 7) is 0.978. The van der Waals surface area contributed by atoms with Gasteiger partial charge in [-0.1, -0.05) is 31.0 Å². The Labute approximate surface area is 122 Å². The zero-order chi connectivity index (χ0) is 12.3. The average Bonchev–Trinajstić information content (AvgIpc) is 2.33. The number of nitrogens with zero attached hydrogens (tertiary/aromatic N) is 1. The first-order chi connectivity index (χ1) is 8.09. The molecule has 5 heteroatoms. The monoisotopic (exact) mass is 259 g/mol. The van der Waals surface area contributed by atoms with Gasteiger partial charge in [-0.15, -0.1) is 6.04 Å². The van der Waals surface area contributed by atoms with Crippen molar-refractivity contribution in [3.8, 4) is 0 Å².